The zero-order valence-electron chi connectivity index (χ0n) is 11.2. The molecule has 0 saturated heterocycles. The van der Waals surface area contributed by atoms with E-state index in [9.17, 15) is 12.8 Å². The molecular weight excluding hydrogens is 335 g/mol. The molecule has 0 aliphatic heterocycles. The fourth-order valence-corrected chi connectivity index (χ4v) is 4.29. The highest BCUT2D eigenvalue weighted by atomic mass is 35.5. The van der Waals surface area contributed by atoms with Gasteiger partial charge in [0, 0.05) is 11.4 Å². The standard InChI is InChI=1S/C13H14ClFN2O2S2/c1-2-16-8-10-4-6-13(20-10)21(18,19)17-12-5-3-9(15)7-11(12)14/h3-7,16-17H,2,8H2,1H3. The SMILES string of the molecule is CCNCc1ccc(S(=O)(=O)Nc2ccc(F)cc2Cl)s1. The minimum atomic E-state index is -3.72. The zero-order chi connectivity index (χ0) is 15.5. The quantitative estimate of drug-likeness (QED) is 0.840. The van der Waals surface area contributed by atoms with Crippen LogP contribution < -0.4 is 10.0 Å². The van der Waals surface area contributed by atoms with Crippen LogP contribution in [0.3, 0.4) is 0 Å². The fraction of sp³-hybridized carbons (Fsp3) is 0.231. The summed E-state index contributed by atoms with van der Waals surface area (Å²) in [6.45, 7) is 3.40. The fourth-order valence-electron chi connectivity index (χ4n) is 1.61. The lowest BCUT2D eigenvalue weighted by molar-refractivity contribution is 0.603. The third-order valence-corrected chi connectivity index (χ3v) is 5.88. The largest absolute Gasteiger partial charge is 0.312 e. The van der Waals surface area contributed by atoms with E-state index in [1.165, 1.54) is 23.5 Å². The highest BCUT2D eigenvalue weighted by Crippen LogP contribution is 2.28. The average molecular weight is 349 g/mol. The Balaban J connectivity index is 2.19. The van der Waals surface area contributed by atoms with Crippen molar-refractivity contribution in [2.24, 2.45) is 0 Å². The Labute approximate surface area is 132 Å². The van der Waals surface area contributed by atoms with E-state index in [2.05, 4.69) is 10.0 Å². The van der Waals surface area contributed by atoms with Crippen molar-refractivity contribution in [3.05, 3.63) is 46.0 Å². The third kappa shape index (κ3) is 4.16. The number of hydrogen-bond donors (Lipinski definition) is 2. The molecule has 1 heterocycles. The lowest BCUT2D eigenvalue weighted by Crippen LogP contribution is -2.12. The number of halogens is 2. The molecule has 0 amide bonds. The molecular formula is C13H14ClFN2O2S2. The minimum Gasteiger partial charge on any atom is -0.312 e. The predicted molar refractivity (Wildman–Crippen MR) is 83.9 cm³/mol. The third-order valence-electron chi connectivity index (χ3n) is 2.63. The van der Waals surface area contributed by atoms with E-state index in [1.54, 1.807) is 6.07 Å². The zero-order valence-corrected chi connectivity index (χ0v) is 13.6. The number of anilines is 1. The van der Waals surface area contributed by atoms with Crippen LogP contribution in [-0.2, 0) is 16.6 Å². The van der Waals surface area contributed by atoms with Gasteiger partial charge in [0.05, 0.1) is 10.7 Å². The molecule has 2 rings (SSSR count). The summed E-state index contributed by atoms with van der Waals surface area (Å²) in [5.74, 6) is -0.521. The Bertz CT molecular complexity index is 732. The summed E-state index contributed by atoms with van der Waals surface area (Å²) < 4.78 is 40.0. The van der Waals surface area contributed by atoms with E-state index < -0.39 is 15.8 Å². The highest BCUT2D eigenvalue weighted by Gasteiger charge is 2.18. The molecule has 21 heavy (non-hydrogen) atoms. The number of benzene rings is 1. The van der Waals surface area contributed by atoms with Gasteiger partial charge in [0.15, 0.2) is 0 Å². The van der Waals surface area contributed by atoms with Crippen LogP contribution in [0, 0.1) is 5.82 Å². The molecule has 0 radical (unpaired) electrons. The maximum atomic E-state index is 13.0. The molecule has 2 aromatic rings. The van der Waals surface area contributed by atoms with Crippen LogP contribution in [0.5, 0.6) is 0 Å². The summed E-state index contributed by atoms with van der Waals surface area (Å²) in [4.78, 5) is 0.919. The van der Waals surface area contributed by atoms with Gasteiger partial charge in [-0.1, -0.05) is 18.5 Å². The predicted octanol–water partition coefficient (Wildman–Crippen LogP) is 3.45. The summed E-state index contributed by atoms with van der Waals surface area (Å²) in [5.41, 5.74) is 0.152. The molecule has 0 fully saturated rings. The van der Waals surface area contributed by atoms with Crippen LogP contribution >= 0.6 is 22.9 Å². The van der Waals surface area contributed by atoms with Gasteiger partial charge in [0.2, 0.25) is 0 Å². The smallest absolute Gasteiger partial charge is 0.271 e. The van der Waals surface area contributed by atoms with Crippen LogP contribution in [0.25, 0.3) is 0 Å². The molecule has 0 unspecified atom stereocenters. The van der Waals surface area contributed by atoms with Gasteiger partial charge in [-0.25, -0.2) is 12.8 Å². The highest BCUT2D eigenvalue weighted by molar-refractivity contribution is 7.94. The van der Waals surface area contributed by atoms with Crippen LogP contribution in [0.1, 0.15) is 11.8 Å². The van der Waals surface area contributed by atoms with Crippen molar-refractivity contribution < 1.29 is 12.8 Å². The molecule has 0 saturated carbocycles. The van der Waals surface area contributed by atoms with Crippen molar-refractivity contribution >= 4 is 38.6 Å². The lowest BCUT2D eigenvalue weighted by atomic mass is 10.3. The van der Waals surface area contributed by atoms with Gasteiger partial charge in [-0.05, 0) is 36.9 Å². The van der Waals surface area contributed by atoms with Crippen LogP contribution in [0.4, 0.5) is 10.1 Å². The number of nitrogens with one attached hydrogen (secondary N) is 2. The molecule has 0 aliphatic carbocycles. The van der Waals surface area contributed by atoms with E-state index in [0.29, 0.717) is 6.54 Å². The Kier molecular flexibility index (Phi) is 5.21. The van der Waals surface area contributed by atoms with Crippen molar-refractivity contribution in [2.45, 2.75) is 17.7 Å². The molecule has 8 heteroatoms. The summed E-state index contributed by atoms with van der Waals surface area (Å²) in [5, 5.41) is 3.14. The first-order valence-electron chi connectivity index (χ1n) is 6.19. The van der Waals surface area contributed by atoms with Gasteiger partial charge >= 0.3 is 0 Å². The number of sulfonamides is 1. The van der Waals surface area contributed by atoms with Gasteiger partial charge in [-0.15, -0.1) is 11.3 Å². The second-order valence-electron chi connectivity index (χ2n) is 4.23. The lowest BCUT2D eigenvalue weighted by Gasteiger charge is -2.08. The molecule has 2 N–H and O–H groups in total. The molecule has 0 spiro atoms. The monoisotopic (exact) mass is 348 g/mol. The van der Waals surface area contributed by atoms with E-state index in [4.69, 9.17) is 11.6 Å². The molecule has 4 nitrogen and oxygen atoms in total. The Hall–Kier alpha value is -1.15. The average Bonchev–Trinajstić information content (AvgIpc) is 2.89. The Morgan fingerprint density at radius 3 is 2.71 bits per heavy atom. The summed E-state index contributed by atoms with van der Waals surface area (Å²) in [6.07, 6.45) is 0. The van der Waals surface area contributed by atoms with Crippen LogP contribution in [0.2, 0.25) is 5.02 Å². The second-order valence-corrected chi connectivity index (χ2v) is 7.72. The topological polar surface area (TPSA) is 58.2 Å². The van der Waals surface area contributed by atoms with Gasteiger partial charge in [0.1, 0.15) is 10.0 Å². The maximum absolute atomic E-state index is 13.0. The second kappa shape index (κ2) is 6.74. The van der Waals surface area contributed by atoms with Gasteiger partial charge < -0.3 is 5.32 Å². The molecule has 0 bridgehead atoms. The van der Waals surface area contributed by atoms with E-state index in [-0.39, 0.29) is 14.9 Å². The van der Waals surface area contributed by atoms with Crippen LogP contribution in [-0.4, -0.2) is 15.0 Å². The van der Waals surface area contributed by atoms with Crippen molar-refractivity contribution in [3.63, 3.8) is 0 Å². The molecule has 0 aliphatic rings. The molecule has 1 aromatic carbocycles. The van der Waals surface area contributed by atoms with Crippen molar-refractivity contribution in [2.75, 3.05) is 11.3 Å². The summed E-state index contributed by atoms with van der Waals surface area (Å²) in [6, 6.07) is 6.80. The molecule has 114 valence electrons. The maximum Gasteiger partial charge on any atom is 0.271 e. The van der Waals surface area contributed by atoms with Crippen molar-refractivity contribution in [3.8, 4) is 0 Å². The van der Waals surface area contributed by atoms with E-state index in [1.807, 2.05) is 6.92 Å². The first-order chi connectivity index (χ1) is 9.92. The van der Waals surface area contributed by atoms with Crippen molar-refractivity contribution in [1.82, 2.24) is 5.32 Å². The number of hydrogen-bond acceptors (Lipinski definition) is 4. The van der Waals surface area contributed by atoms with E-state index >= 15 is 0 Å². The van der Waals surface area contributed by atoms with E-state index in [0.717, 1.165) is 23.6 Å². The normalized spacial score (nSPS) is 11.6. The van der Waals surface area contributed by atoms with Gasteiger partial charge in [0.25, 0.3) is 10.0 Å². The first kappa shape index (κ1) is 16.2. The van der Waals surface area contributed by atoms with Crippen LogP contribution in [0.15, 0.2) is 34.5 Å². The van der Waals surface area contributed by atoms with Gasteiger partial charge in [-0.3, -0.25) is 4.72 Å². The summed E-state index contributed by atoms with van der Waals surface area (Å²) in [7, 11) is -3.72. The Morgan fingerprint density at radius 1 is 1.29 bits per heavy atom. The minimum absolute atomic E-state index is 0.0167. The molecule has 1 aromatic heterocycles. The van der Waals surface area contributed by atoms with Gasteiger partial charge in [-0.2, -0.15) is 0 Å². The number of thiophene rings is 1. The van der Waals surface area contributed by atoms with Crippen molar-refractivity contribution in [1.29, 1.82) is 0 Å². The number of rotatable bonds is 6. The Morgan fingerprint density at radius 2 is 2.05 bits per heavy atom. The first-order valence-corrected chi connectivity index (χ1v) is 8.87. The summed E-state index contributed by atoms with van der Waals surface area (Å²) >= 11 is 7.00. The molecule has 0 atom stereocenters.